The molecule has 0 amide bonds. The molecule has 0 saturated carbocycles. The summed E-state index contributed by atoms with van der Waals surface area (Å²) < 4.78 is 7.50. The van der Waals surface area contributed by atoms with Crippen LogP contribution in [0.25, 0.3) is 22.2 Å². The number of fused-ring (bicyclic) bond motifs is 1. The molecule has 7 nitrogen and oxygen atoms in total. The van der Waals surface area contributed by atoms with Gasteiger partial charge in [0.1, 0.15) is 5.76 Å². The SMILES string of the molecule is C=C/C(=C\C=C(/C)c1cnn(-c2ccccc2)c1)Oc1nc(O)c2ccncc2n1. The van der Waals surface area contributed by atoms with E-state index < -0.39 is 0 Å². The van der Waals surface area contributed by atoms with E-state index in [-0.39, 0.29) is 11.9 Å². The van der Waals surface area contributed by atoms with Gasteiger partial charge in [-0.25, -0.2) is 4.68 Å². The quantitative estimate of drug-likeness (QED) is 0.382. The Bertz CT molecular complexity index is 1260. The predicted molar refractivity (Wildman–Crippen MR) is 115 cm³/mol. The van der Waals surface area contributed by atoms with Crippen LogP contribution < -0.4 is 4.74 Å². The molecule has 7 heteroatoms. The number of para-hydroxylation sites is 1. The first kappa shape index (κ1) is 19.1. The first-order valence-electron chi connectivity index (χ1n) is 9.24. The Morgan fingerprint density at radius 2 is 1.93 bits per heavy atom. The lowest BCUT2D eigenvalue weighted by Crippen LogP contribution is -1.98. The van der Waals surface area contributed by atoms with Gasteiger partial charge in [0, 0.05) is 18.0 Å². The maximum atomic E-state index is 10.1. The molecule has 1 N–H and O–H groups in total. The van der Waals surface area contributed by atoms with E-state index in [1.807, 2.05) is 54.2 Å². The van der Waals surface area contributed by atoms with Crippen LogP contribution in [0.5, 0.6) is 11.9 Å². The second-order valence-corrected chi connectivity index (χ2v) is 6.46. The molecule has 148 valence electrons. The van der Waals surface area contributed by atoms with Crippen LogP contribution in [0.3, 0.4) is 0 Å². The lowest BCUT2D eigenvalue weighted by atomic mass is 10.1. The third kappa shape index (κ3) is 4.10. The predicted octanol–water partition coefficient (Wildman–Crippen LogP) is 4.47. The molecule has 0 radical (unpaired) electrons. The van der Waals surface area contributed by atoms with Crippen molar-refractivity contribution in [3.8, 4) is 17.6 Å². The molecule has 30 heavy (non-hydrogen) atoms. The molecular formula is C23H19N5O2. The summed E-state index contributed by atoms with van der Waals surface area (Å²) in [4.78, 5) is 12.3. The monoisotopic (exact) mass is 397 g/mol. The van der Waals surface area contributed by atoms with Crippen LogP contribution in [0.2, 0.25) is 0 Å². The van der Waals surface area contributed by atoms with Crippen molar-refractivity contribution in [1.82, 2.24) is 24.7 Å². The summed E-state index contributed by atoms with van der Waals surface area (Å²) >= 11 is 0. The number of aromatic nitrogens is 5. The van der Waals surface area contributed by atoms with E-state index in [1.165, 1.54) is 6.20 Å². The van der Waals surface area contributed by atoms with Gasteiger partial charge in [0.2, 0.25) is 5.88 Å². The summed E-state index contributed by atoms with van der Waals surface area (Å²) in [6.07, 6.45) is 12.1. The third-order valence-electron chi connectivity index (χ3n) is 4.43. The van der Waals surface area contributed by atoms with Gasteiger partial charge in [-0.05, 0) is 42.8 Å². The largest absolute Gasteiger partial charge is 0.493 e. The van der Waals surface area contributed by atoms with Crippen LogP contribution in [0, 0.1) is 0 Å². The third-order valence-corrected chi connectivity index (χ3v) is 4.43. The first-order chi connectivity index (χ1) is 14.6. The van der Waals surface area contributed by atoms with Crippen LogP contribution >= 0.6 is 0 Å². The van der Waals surface area contributed by atoms with Gasteiger partial charge >= 0.3 is 6.01 Å². The molecule has 0 atom stereocenters. The zero-order chi connectivity index (χ0) is 20.9. The minimum absolute atomic E-state index is 0.0158. The van der Waals surface area contributed by atoms with E-state index in [9.17, 15) is 5.11 Å². The fourth-order valence-corrected chi connectivity index (χ4v) is 2.79. The highest BCUT2D eigenvalue weighted by atomic mass is 16.5. The maximum absolute atomic E-state index is 10.1. The van der Waals surface area contributed by atoms with Crippen LogP contribution in [-0.2, 0) is 0 Å². The topological polar surface area (TPSA) is 86.0 Å². The fourth-order valence-electron chi connectivity index (χ4n) is 2.79. The number of aromatic hydroxyl groups is 1. The van der Waals surface area contributed by atoms with Gasteiger partial charge in [0.05, 0.1) is 29.0 Å². The average Bonchev–Trinajstić information content (AvgIpc) is 3.27. The normalized spacial score (nSPS) is 12.2. The highest BCUT2D eigenvalue weighted by molar-refractivity contribution is 5.82. The van der Waals surface area contributed by atoms with Crippen LogP contribution in [0.1, 0.15) is 12.5 Å². The van der Waals surface area contributed by atoms with Gasteiger partial charge in [-0.1, -0.05) is 30.9 Å². The molecule has 0 bridgehead atoms. The molecular weight excluding hydrogens is 378 g/mol. The van der Waals surface area contributed by atoms with Gasteiger partial charge in [-0.3, -0.25) is 4.98 Å². The van der Waals surface area contributed by atoms with Gasteiger partial charge in [-0.15, -0.1) is 0 Å². The number of benzene rings is 1. The Hall–Kier alpha value is -4.26. The molecule has 0 fully saturated rings. The van der Waals surface area contributed by atoms with E-state index in [0.29, 0.717) is 16.7 Å². The Morgan fingerprint density at radius 1 is 1.10 bits per heavy atom. The zero-order valence-electron chi connectivity index (χ0n) is 16.3. The maximum Gasteiger partial charge on any atom is 0.325 e. The minimum atomic E-state index is -0.166. The lowest BCUT2D eigenvalue weighted by molar-refractivity contribution is 0.390. The van der Waals surface area contributed by atoms with E-state index in [2.05, 4.69) is 26.6 Å². The van der Waals surface area contributed by atoms with Crippen LogP contribution in [-0.4, -0.2) is 29.8 Å². The minimum Gasteiger partial charge on any atom is -0.493 e. The Kier molecular flexibility index (Phi) is 5.34. The number of hydrogen-bond acceptors (Lipinski definition) is 6. The number of nitrogens with zero attached hydrogens (tertiary/aromatic N) is 5. The van der Waals surface area contributed by atoms with E-state index >= 15 is 0 Å². The van der Waals surface area contributed by atoms with Gasteiger partial charge in [0.25, 0.3) is 0 Å². The molecule has 1 aromatic carbocycles. The van der Waals surface area contributed by atoms with Crippen LogP contribution in [0.4, 0.5) is 0 Å². The Morgan fingerprint density at radius 3 is 2.73 bits per heavy atom. The Balaban J connectivity index is 1.55. The summed E-state index contributed by atoms with van der Waals surface area (Å²) in [6, 6.07) is 11.6. The molecule has 4 aromatic rings. The average molecular weight is 397 g/mol. The number of rotatable bonds is 6. The van der Waals surface area contributed by atoms with E-state index in [0.717, 1.165) is 16.8 Å². The van der Waals surface area contributed by atoms with Crippen molar-refractivity contribution in [3.63, 3.8) is 0 Å². The van der Waals surface area contributed by atoms with Crippen molar-refractivity contribution in [2.75, 3.05) is 0 Å². The van der Waals surface area contributed by atoms with Crippen molar-refractivity contribution in [2.24, 2.45) is 0 Å². The summed E-state index contributed by atoms with van der Waals surface area (Å²) in [5.74, 6) is 0.272. The van der Waals surface area contributed by atoms with Crippen LogP contribution in [0.15, 0.2) is 91.8 Å². The molecule has 0 spiro atoms. The van der Waals surface area contributed by atoms with E-state index in [4.69, 9.17) is 4.74 Å². The molecule has 0 aliphatic heterocycles. The second-order valence-electron chi connectivity index (χ2n) is 6.46. The number of pyridine rings is 1. The van der Waals surface area contributed by atoms with Gasteiger partial charge < -0.3 is 9.84 Å². The van der Waals surface area contributed by atoms with Crippen molar-refractivity contribution in [2.45, 2.75) is 6.92 Å². The lowest BCUT2D eigenvalue weighted by Gasteiger charge is -2.06. The molecule has 0 aliphatic rings. The number of hydrogen-bond donors (Lipinski definition) is 1. The molecule has 4 rings (SSSR count). The molecule has 0 saturated heterocycles. The molecule has 0 unspecified atom stereocenters. The van der Waals surface area contributed by atoms with Crippen molar-refractivity contribution in [1.29, 1.82) is 0 Å². The standard InChI is InChI=1S/C23H19N5O2/c1-3-19(30-23-26-21-14-24-12-11-20(21)22(29)27-23)10-9-16(2)17-13-25-28(15-17)18-7-5-4-6-8-18/h3-15H,1H2,2H3,(H,26,27,29)/b16-9+,19-10+. The number of ether oxygens (including phenoxy) is 1. The second kappa shape index (κ2) is 8.40. The van der Waals surface area contributed by atoms with E-state index in [1.54, 1.807) is 30.6 Å². The molecule has 3 aromatic heterocycles. The summed E-state index contributed by atoms with van der Waals surface area (Å²) in [5, 5.41) is 15.0. The summed E-state index contributed by atoms with van der Waals surface area (Å²) in [7, 11) is 0. The van der Waals surface area contributed by atoms with Crippen molar-refractivity contribution in [3.05, 3.63) is 97.3 Å². The molecule has 0 aliphatic carbocycles. The molecule has 3 heterocycles. The summed E-state index contributed by atoms with van der Waals surface area (Å²) in [6.45, 7) is 5.75. The van der Waals surface area contributed by atoms with Crippen molar-refractivity contribution >= 4 is 16.5 Å². The van der Waals surface area contributed by atoms with Gasteiger partial charge in [-0.2, -0.15) is 15.1 Å². The summed E-state index contributed by atoms with van der Waals surface area (Å²) in [5.41, 5.74) is 3.45. The fraction of sp³-hybridized carbons (Fsp3) is 0.0435. The van der Waals surface area contributed by atoms with Gasteiger partial charge in [0.15, 0.2) is 0 Å². The highest BCUT2D eigenvalue weighted by Gasteiger charge is 2.08. The highest BCUT2D eigenvalue weighted by Crippen LogP contribution is 2.23. The Labute approximate surface area is 173 Å². The first-order valence-corrected chi connectivity index (χ1v) is 9.24. The smallest absolute Gasteiger partial charge is 0.325 e. The number of allylic oxidation sites excluding steroid dienone is 4. The zero-order valence-corrected chi connectivity index (χ0v) is 16.3. The van der Waals surface area contributed by atoms with Crippen molar-refractivity contribution < 1.29 is 9.84 Å².